The summed E-state index contributed by atoms with van der Waals surface area (Å²) >= 11 is 0. The minimum absolute atomic E-state index is 0.0494. The smallest absolute Gasteiger partial charge is 0.390 e. The van der Waals surface area contributed by atoms with Gasteiger partial charge < -0.3 is 34.2 Å². The van der Waals surface area contributed by atoms with E-state index in [-0.39, 0.29) is 19.3 Å². The van der Waals surface area contributed by atoms with Crippen LogP contribution in [0, 0.1) is 5.92 Å². The predicted octanol–water partition coefficient (Wildman–Crippen LogP) is 4.04. The molecule has 0 radical (unpaired) electrons. The molecule has 0 saturated carbocycles. The number of morpholine rings is 1. The number of phosphoric acid groups is 1. The summed E-state index contributed by atoms with van der Waals surface area (Å²) in [5.41, 5.74) is 0.343. The van der Waals surface area contributed by atoms with Crippen LogP contribution < -0.4 is 10.6 Å². The van der Waals surface area contributed by atoms with E-state index < -0.39 is 65.4 Å². The van der Waals surface area contributed by atoms with Crippen LogP contribution in [0.3, 0.4) is 0 Å². The van der Waals surface area contributed by atoms with Gasteiger partial charge in [0.1, 0.15) is 12.0 Å². The quantitative estimate of drug-likeness (QED) is 0.174. The summed E-state index contributed by atoms with van der Waals surface area (Å²) in [7, 11) is -14.8. The number of hydrogen-bond acceptors (Lipinski definition) is 11. The zero-order chi connectivity index (χ0) is 33.8. The van der Waals surface area contributed by atoms with Crippen LogP contribution in [0.4, 0.5) is 5.82 Å². The second-order valence-corrected chi connectivity index (χ2v) is 17.5. The van der Waals surface area contributed by atoms with Crippen molar-refractivity contribution < 1.29 is 51.6 Å². The molecule has 3 heterocycles. The first kappa shape index (κ1) is 36.0. The highest BCUT2D eigenvalue weighted by molar-refractivity contribution is 7.69. The summed E-state index contributed by atoms with van der Waals surface area (Å²) < 4.78 is 59.0. The molecule has 2 fully saturated rings. The molecule has 2 aromatic carbocycles. The fraction of sp³-hybridized carbons (Fsp3) is 0.517. The molecule has 2 saturated heterocycles. The van der Waals surface area contributed by atoms with Crippen molar-refractivity contribution in [1.29, 1.82) is 0 Å². The van der Waals surface area contributed by atoms with E-state index in [2.05, 4.69) is 13.6 Å². The zero-order valence-electron chi connectivity index (χ0n) is 25.8. The fourth-order valence-corrected chi connectivity index (χ4v) is 10.6. The van der Waals surface area contributed by atoms with E-state index in [1.807, 2.05) is 47.4 Å². The van der Waals surface area contributed by atoms with Crippen LogP contribution in [-0.2, 0) is 38.2 Å². The van der Waals surface area contributed by atoms with Crippen molar-refractivity contribution >= 4 is 39.6 Å². The molecule has 0 amide bonds. The van der Waals surface area contributed by atoms with Crippen LogP contribution in [0.5, 0.6) is 0 Å². The number of fused-ring (bicyclic) bond motifs is 1. The number of aliphatic hydroxyl groups is 1. The minimum atomic E-state index is -5.40. The molecule has 1 aromatic heterocycles. The van der Waals surface area contributed by atoms with Crippen LogP contribution in [0.25, 0.3) is 10.8 Å². The largest absolute Gasteiger partial charge is 0.486 e. The first-order valence-electron chi connectivity index (χ1n) is 15.3. The summed E-state index contributed by atoms with van der Waals surface area (Å²) in [4.78, 5) is 49.3. The highest BCUT2D eigenvalue weighted by Gasteiger charge is 2.43. The summed E-state index contributed by atoms with van der Waals surface area (Å²) in [5.74, 6) is -0.00312. The molecule has 7 atom stereocenters. The maximum atomic E-state index is 12.8. The van der Waals surface area contributed by atoms with E-state index in [0.717, 1.165) is 16.3 Å². The van der Waals surface area contributed by atoms with Crippen LogP contribution >= 0.6 is 23.0 Å². The van der Waals surface area contributed by atoms with Crippen LogP contribution in [-0.4, -0.2) is 80.2 Å². The number of aromatic nitrogens is 2. The van der Waals surface area contributed by atoms with Crippen molar-refractivity contribution in [3.8, 4) is 0 Å². The lowest BCUT2D eigenvalue weighted by atomic mass is 9.99. The summed E-state index contributed by atoms with van der Waals surface area (Å²) in [6.07, 6.45) is -1.72. The Balaban J connectivity index is 1.08. The Bertz CT molecular complexity index is 1750. The molecule has 0 spiro atoms. The zero-order valence-corrected chi connectivity index (χ0v) is 28.5. The highest BCUT2D eigenvalue weighted by Crippen LogP contribution is 2.67. The standard InChI is InChI=1S/C29H40N3O12P3/c1-21-27(33)25(42-28(21)32-13-12-26(30-29(32)34)31-14-16-41-17-15-31)9-5-19-46(37,38)44-47(39,40)43-45(35,36)18-4-6-22-10-11-23-7-2-3-8-24(23)20-22/h2-3,7-8,10-13,20-21,25,27-28,33H,4-6,9,14-19H2,1H3,(H,35,36)(H,37,38)(H,39,40)/t21-,25+,27?,28+/m0/s1. The molecule has 4 unspecified atom stereocenters. The van der Waals surface area contributed by atoms with Gasteiger partial charge in [0.15, 0.2) is 0 Å². The van der Waals surface area contributed by atoms with Crippen molar-refractivity contribution in [3.05, 3.63) is 70.8 Å². The number of rotatable bonds is 14. The third-order valence-electron chi connectivity index (χ3n) is 8.22. The molecule has 258 valence electrons. The summed E-state index contributed by atoms with van der Waals surface area (Å²) in [6, 6.07) is 15.2. The van der Waals surface area contributed by atoms with Crippen LogP contribution in [0.2, 0.25) is 0 Å². The van der Waals surface area contributed by atoms with Crippen molar-refractivity contribution in [2.24, 2.45) is 5.92 Å². The third kappa shape index (κ3) is 9.68. The first-order valence-corrected chi connectivity index (χ1v) is 20.4. The molecule has 2 aliphatic heterocycles. The molecule has 0 bridgehead atoms. The molecule has 47 heavy (non-hydrogen) atoms. The van der Waals surface area contributed by atoms with Crippen molar-refractivity contribution in [2.75, 3.05) is 43.5 Å². The first-order chi connectivity index (χ1) is 22.2. The lowest BCUT2D eigenvalue weighted by Crippen LogP contribution is -2.39. The molecule has 18 heteroatoms. The van der Waals surface area contributed by atoms with Gasteiger partial charge in [-0.25, -0.2) is 18.0 Å². The molecule has 0 aliphatic carbocycles. The summed E-state index contributed by atoms with van der Waals surface area (Å²) in [5, 5.41) is 12.8. The number of anilines is 1. The van der Waals surface area contributed by atoms with Gasteiger partial charge in [-0.15, -0.1) is 0 Å². The van der Waals surface area contributed by atoms with Crippen molar-refractivity contribution in [1.82, 2.24) is 9.55 Å². The Labute approximate surface area is 271 Å². The molecule has 15 nitrogen and oxygen atoms in total. The average molecular weight is 716 g/mol. The third-order valence-corrected chi connectivity index (χ3v) is 13.7. The maximum absolute atomic E-state index is 12.8. The molecule has 4 N–H and O–H groups in total. The fourth-order valence-electron chi connectivity index (χ4n) is 5.80. The maximum Gasteiger partial charge on any atom is 0.486 e. The molecule has 5 rings (SSSR count). The normalized spacial score (nSPS) is 25.7. The van der Waals surface area contributed by atoms with Gasteiger partial charge in [0.2, 0.25) is 0 Å². The number of aliphatic hydroxyl groups excluding tert-OH is 1. The Morgan fingerprint density at radius 1 is 0.936 bits per heavy atom. The van der Waals surface area contributed by atoms with Gasteiger partial charge in [0.25, 0.3) is 0 Å². The van der Waals surface area contributed by atoms with E-state index in [9.17, 15) is 38.3 Å². The monoisotopic (exact) mass is 715 g/mol. The van der Waals surface area contributed by atoms with Crippen molar-refractivity contribution in [2.45, 2.75) is 51.0 Å². The van der Waals surface area contributed by atoms with E-state index in [4.69, 9.17) is 9.47 Å². The SMILES string of the molecule is C[C@H]1C(O)[C@@H](CCCP(=O)(O)OP(=O)(O)OP(=O)(O)CCCc2ccc3ccccc3c2)O[C@H]1n1ccc(N2CCOCC2)nc1=O. The minimum Gasteiger partial charge on any atom is -0.390 e. The van der Waals surface area contributed by atoms with E-state index in [1.54, 1.807) is 19.2 Å². The molecular formula is C29H40N3O12P3. The van der Waals surface area contributed by atoms with Gasteiger partial charge in [-0.3, -0.25) is 13.7 Å². The number of ether oxygens (including phenoxy) is 2. The molecule has 2 aliphatic rings. The lowest BCUT2D eigenvalue weighted by molar-refractivity contribution is -0.0274. The van der Waals surface area contributed by atoms with Crippen LogP contribution in [0.15, 0.2) is 59.5 Å². The average Bonchev–Trinajstić information content (AvgIpc) is 3.28. The van der Waals surface area contributed by atoms with E-state index in [1.165, 1.54) is 4.57 Å². The number of nitrogens with zero attached hydrogens (tertiary/aromatic N) is 3. The number of hydrogen-bond donors (Lipinski definition) is 4. The molecule has 3 aromatic rings. The number of aryl methyl sites for hydroxylation is 1. The van der Waals surface area contributed by atoms with Crippen molar-refractivity contribution in [3.63, 3.8) is 0 Å². The predicted molar refractivity (Wildman–Crippen MR) is 173 cm³/mol. The lowest BCUT2D eigenvalue weighted by Gasteiger charge is -2.28. The second kappa shape index (κ2) is 15.1. The summed E-state index contributed by atoms with van der Waals surface area (Å²) in [6.45, 7) is 3.98. The van der Waals surface area contributed by atoms with Gasteiger partial charge in [-0.1, -0.05) is 49.4 Å². The van der Waals surface area contributed by atoms with Gasteiger partial charge in [-0.2, -0.15) is 4.98 Å². The van der Waals surface area contributed by atoms with Gasteiger partial charge in [-0.05, 0) is 48.1 Å². The highest BCUT2D eigenvalue weighted by atomic mass is 31.3. The van der Waals surface area contributed by atoms with Gasteiger partial charge in [0.05, 0.1) is 37.7 Å². The van der Waals surface area contributed by atoms with Crippen LogP contribution in [0.1, 0.15) is 38.0 Å². The van der Waals surface area contributed by atoms with Gasteiger partial charge in [0, 0.05) is 25.2 Å². The van der Waals surface area contributed by atoms with Gasteiger partial charge >= 0.3 is 28.7 Å². The topological polar surface area (TPSA) is 207 Å². The second-order valence-electron chi connectivity index (χ2n) is 11.8. The number of benzene rings is 2. The molecular weight excluding hydrogens is 675 g/mol. The Kier molecular flexibility index (Phi) is 11.6. The van der Waals surface area contributed by atoms with E-state index >= 15 is 0 Å². The van der Waals surface area contributed by atoms with E-state index in [0.29, 0.717) is 38.5 Å². The Morgan fingerprint density at radius 2 is 1.60 bits per heavy atom. The Morgan fingerprint density at radius 3 is 2.28 bits per heavy atom. The Hall–Kier alpha value is -2.25.